The van der Waals surface area contributed by atoms with Crippen LogP contribution in [0.4, 0.5) is 0 Å². The summed E-state index contributed by atoms with van der Waals surface area (Å²) in [6.07, 6.45) is 9.76. The smallest absolute Gasteiger partial charge is 0.0951 e. The predicted molar refractivity (Wildman–Crippen MR) is 65.0 cm³/mol. The minimum absolute atomic E-state index is 0.196. The molecule has 2 heterocycles. The van der Waals surface area contributed by atoms with Crippen molar-refractivity contribution in [2.75, 3.05) is 6.61 Å². The van der Waals surface area contributed by atoms with Gasteiger partial charge < -0.3 is 9.67 Å². The van der Waals surface area contributed by atoms with Gasteiger partial charge in [0, 0.05) is 18.8 Å². The molecule has 0 amide bonds. The molecular weight excluding hydrogens is 230 g/mol. The molecular formula is C12H17N5O. The Morgan fingerprint density at radius 1 is 1.39 bits per heavy atom. The summed E-state index contributed by atoms with van der Waals surface area (Å²) in [5, 5.41) is 17.0. The lowest BCUT2D eigenvalue weighted by Gasteiger charge is -2.05. The Kier molecular flexibility index (Phi) is 3.10. The Morgan fingerprint density at radius 2 is 2.28 bits per heavy atom. The maximum atomic E-state index is 8.78. The number of nitrogens with zero attached hydrogens (tertiary/aromatic N) is 5. The van der Waals surface area contributed by atoms with Crippen LogP contribution in [0.5, 0.6) is 0 Å². The van der Waals surface area contributed by atoms with Crippen molar-refractivity contribution in [1.82, 2.24) is 24.5 Å². The van der Waals surface area contributed by atoms with Crippen molar-refractivity contribution in [3.8, 4) is 0 Å². The van der Waals surface area contributed by atoms with E-state index < -0.39 is 0 Å². The Hall–Kier alpha value is -1.69. The highest BCUT2D eigenvalue weighted by Crippen LogP contribution is 2.35. The first kappa shape index (κ1) is 11.4. The fourth-order valence-corrected chi connectivity index (χ4v) is 2.09. The molecule has 1 fully saturated rings. The minimum atomic E-state index is 0.196. The highest BCUT2D eigenvalue weighted by Gasteiger charge is 2.25. The molecule has 96 valence electrons. The van der Waals surface area contributed by atoms with Gasteiger partial charge in [0.05, 0.1) is 30.5 Å². The topological polar surface area (TPSA) is 68.8 Å². The van der Waals surface area contributed by atoms with E-state index in [1.807, 2.05) is 23.4 Å². The first-order valence-electron chi connectivity index (χ1n) is 6.37. The number of aliphatic hydroxyl groups is 1. The summed E-state index contributed by atoms with van der Waals surface area (Å²) in [6.45, 7) is 0.907. The van der Waals surface area contributed by atoms with Crippen LogP contribution in [0, 0.1) is 0 Å². The van der Waals surface area contributed by atoms with E-state index >= 15 is 0 Å². The van der Waals surface area contributed by atoms with Crippen molar-refractivity contribution in [2.24, 2.45) is 0 Å². The summed E-state index contributed by atoms with van der Waals surface area (Å²) in [5.74, 6) is 0. The van der Waals surface area contributed by atoms with Gasteiger partial charge >= 0.3 is 0 Å². The molecule has 1 saturated carbocycles. The van der Waals surface area contributed by atoms with Crippen molar-refractivity contribution >= 4 is 0 Å². The van der Waals surface area contributed by atoms with Crippen molar-refractivity contribution in [1.29, 1.82) is 0 Å². The number of aromatic nitrogens is 5. The van der Waals surface area contributed by atoms with Crippen LogP contribution in [-0.2, 0) is 13.0 Å². The first-order chi connectivity index (χ1) is 8.86. The van der Waals surface area contributed by atoms with Crippen LogP contribution in [0.1, 0.15) is 36.7 Å². The molecule has 0 atom stereocenters. The van der Waals surface area contributed by atoms with E-state index in [-0.39, 0.29) is 6.61 Å². The van der Waals surface area contributed by atoms with E-state index in [1.165, 1.54) is 18.5 Å². The summed E-state index contributed by atoms with van der Waals surface area (Å²) in [6, 6.07) is 0.639. The molecule has 18 heavy (non-hydrogen) atoms. The minimum Gasteiger partial charge on any atom is -0.396 e. The number of hydrogen-bond acceptors (Lipinski definition) is 4. The predicted octanol–water partition coefficient (Wildman–Crippen LogP) is 0.783. The van der Waals surface area contributed by atoms with Crippen LogP contribution in [0.15, 0.2) is 18.7 Å². The molecule has 0 saturated heterocycles. The normalized spacial score (nSPS) is 15.2. The summed E-state index contributed by atoms with van der Waals surface area (Å²) in [4.78, 5) is 4.20. The standard InChI is InChI=1S/C12H17N5O/c18-5-1-2-10-7-16(15-14-10)8-12-6-13-9-17(12)11-3-4-11/h6-7,9,11,18H,1-5,8H2. The number of aryl methyl sites for hydroxylation is 1. The molecule has 0 spiro atoms. The molecule has 0 bridgehead atoms. The lowest BCUT2D eigenvalue weighted by atomic mass is 10.3. The van der Waals surface area contributed by atoms with Crippen LogP contribution in [0.25, 0.3) is 0 Å². The van der Waals surface area contributed by atoms with Crippen molar-refractivity contribution < 1.29 is 5.11 Å². The fraction of sp³-hybridized carbons (Fsp3) is 0.583. The zero-order valence-electron chi connectivity index (χ0n) is 10.2. The monoisotopic (exact) mass is 247 g/mol. The molecule has 0 radical (unpaired) electrons. The Labute approximate surface area is 105 Å². The largest absolute Gasteiger partial charge is 0.396 e. The van der Waals surface area contributed by atoms with E-state index in [1.54, 1.807) is 0 Å². The van der Waals surface area contributed by atoms with Gasteiger partial charge in [-0.3, -0.25) is 0 Å². The van der Waals surface area contributed by atoms with Gasteiger partial charge in [0.15, 0.2) is 0 Å². The Bertz CT molecular complexity index is 514. The Morgan fingerprint density at radius 3 is 3.06 bits per heavy atom. The van der Waals surface area contributed by atoms with Crippen molar-refractivity contribution in [3.63, 3.8) is 0 Å². The van der Waals surface area contributed by atoms with Gasteiger partial charge in [-0.2, -0.15) is 0 Å². The highest BCUT2D eigenvalue weighted by atomic mass is 16.2. The average Bonchev–Trinajstić information content (AvgIpc) is 2.96. The van der Waals surface area contributed by atoms with Crippen LogP contribution in [-0.4, -0.2) is 36.3 Å². The molecule has 3 rings (SSSR count). The molecule has 1 aliphatic carbocycles. The molecule has 1 N–H and O–H groups in total. The Balaban J connectivity index is 1.67. The van der Waals surface area contributed by atoms with Crippen LogP contribution >= 0.6 is 0 Å². The quantitative estimate of drug-likeness (QED) is 0.819. The van der Waals surface area contributed by atoms with Gasteiger partial charge in [0.1, 0.15) is 0 Å². The number of rotatable bonds is 6. The molecule has 0 unspecified atom stereocenters. The fourth-order valence-electron chi connectivity index (χ4n) is 2.09. The lowest BCUT2D eigenvalue weighted by molar-refractivity contribution is 0.288. The molecule has 2 aromatic heterocycles. The number of imidazole rings is 1. The van der Waals surface area contributed by atoms with Gasteiger partial charge in [-0.25, -0.2) is 9.67 Å². The van der Waals surface area contributed by atoms with Gasteiger partial charge in [-0.1, -0.05) is 5.21 Å². The second kappa shape index (κ2) is 4.89. The van der Waals surface area contributed by atoms with E-state index in [2.05, 4.69) is 19.9 Å². The summed E-state index contributed by atoms with van der Waals surface area (Å²) < 4.78 is 4.07. The summed E-state index contributed by atoms with van der Waals surface area (Å²) in [5.41, 5.74) is 2.11. The maximum absolute atomic E-state index is 8.78. The van der Waals surface area contributed by atoms with E-state index in [0.717, 1.165) is 18.5 Å². The molecule has 6 heteroatoms. The van der Waals surface area contributed by atoms with Crippen LogP contribution in [0.3, 0.4) is 0 Å². The van der Waals surface area contributed by atoms with Gasteiger partial charge in [-0.15, -0.1) is 5.10 Å². The van der Waals surface area contributed by atoms with E-state index in [9.17, 15) is 0 Å². The van der Waals surface area contributed by atoms with Crippen LogP contribution in [0.2, 0.25) is 0 Å². The summed E-state index contributed by atoms with van der Waals surface area (Å²) in [7, 11) is 0. The number of aliphatic hydroxyl groups excluding tert-OH is 1. The molecule has 2 aromatic rings. The zero-order valence-corrected chi connectivity index (χ0v) is 10.2. The average molecular weight is 247 g/mol. The van der Waals surface area contributed by atoms with Gasteiger partial charge in [0.25, 0.3) is 0 Å². The molecule has 1 aliphatic rings. The van der Waals surface area contributed by atoms with Crippen molar-refractivity contribution in [3.05, 3.63) is 30.1 Å². The van der Waals surface area contributed by atoms with Gasteiger partial charge in [-0.05, 0) is 25.7 Å². The zero-order chi connectivity index (χ0) is 12.4. The van der Waals surface area contributed by atoms with Crippen LogP contribution < -0.4 is 0 Å². The summed E-state index contributed by atoms with van der Waals surface area (Å²) >= 11 is 0. The van der Waals surface area contributed by atoms with E-state index in [4.69, 9.17) is 5.11 Å². The first-order valence-corrected chi connectivity index (χ1v) is 6.37. The molecule has 0 aliphatic heterocycles. The van der Waals surface area contributed by atoms with Crippen molar-refractivity contribution in [2.45, 2.75) is 38.3 Å². The highest BCUT2D eigenvalue weighted by molar-refractivity contribution is 5.04. The third kappa shape index (κ3) is 2.43. The second-order valence-electron chi connectivity index (χ2n) is 4.76. The third-order valence-electron chi connectivity index (χ3n) is 3.19. The lowest BCUT2D eigenvalue weighted by Crippen LogP contribution is -2.06. The number of hydrogen-bond donors (Lipinski definition) is 1. The second-order valence-corrected chi connectivity index (χ2v) is 4.76. The third-order valence-corrected chi connectivity index (χ3v) is 3.19. The molecule has 6 nitrogen and oxygen atoms in total. The molecule has 0 aromatic carbocycles. The maximum Gasteiger partial charge on any atom is 0.0951 e. The van der Waals surface area contributed by atoms with E-state index in [0.29, 0.717) is 12.6 Å². The SMILES string of the molecule is OCCCc1cn(Cc2cncn2C2CC2)nn1. The van der Waals surface area contributed by atoms with Gasteiger partial charge in [0.2, 0.25) is 0 Å².